The number of halogens is 3. The largest absolute Gasteiger partial charge is 0.381 e. The number of hydrogen-bond acceptors (Lipinski definition) is 12. The molecule has 7 atom stereocenters. The first kappa shape index (κ1) is 57.9. The van der Waals surface area contributed by atoms with E-state index in [-0.39, 0.29) is 80.0 Å². The lowest BCUT2D eigenvalue weighted by atomic mass is 9.83. The first-order chi connectivity index (χ1) is 38.4. The van der Waals surface area contributed by atoms with E-state index in [0.29, 0.717) is 81.2 Å². The maximum absolute atomic E-state index is 15.0. The van der Waals surface area contributed by atoms with E-state index in [0.717, 1.165) is 42.4 Å². The summed E-state index contributed by atoms with van der Waals surface area (Å²) < 4.78 is 55.1. The van der Waals surface area contributed by atoms with Gasteiger partial charge in [-0.25, -0.2) is 13.2 Å². The number of fused-ring (bicyclic) bond motifs is 2. The van der Waals surface area contributed by atoms with Crippen LogP contribution in [0.3, 0.4) is 0 Å². The number of carbonyl (C=O) groups excluding carboxylic acids is 6. The molecule has 4 aromatic rings. The average Bonchev–Trinajstić information content (AvgIpc) is 4.19. The molecule has 9 rings (SSSR count). The molecule has 0 spiro atoms. The van der Waals surface area contributed by atoms with Crippen LogP contribution in [0.2, 0.25) is 0 Å². The number of nitrogens with one attached hydrogen (secondary N) is 6. The van der Waals surface area contributed by atoms with Crippen LogP contribution in [0.15, 0.2) is 78.9 Å². The minimum absolute atomic E-state index is 0.0518. The molecular weight excluding hydrogens is 1030 g/mol. The third kappa shape index (κ3) is 13.0. The zero-order chi connectivity index (χ0) is 56.8. The van der Waals surface area contributed by atoms with Crippen molar-refractivity contribution in [1.82, 2.24) is 36.0 Å². The first-order valence-corrected chi connectivity index (χ1v) is 27.7. The van der Waals surface area contributed by atoms with Crippen LogP contribution >= 0.6 is 0 Å². The third-order valence-corrected chi connectivity index (χ3v) is 16.4. The molecule has 21 heteroatoms. The Hall–Kier alpha value is -6.75. The molecule has 3 saturated heterocycles. The normalized spacial score (nSPS) is 23.1. The van der Waals surface area contributed by atoms with E-state index in [2.05, 4.69) is 55.5 Å². The van der Waals surface area contributed by atoms with Gasteiger partial charge in [0.05, 0.1) is 31.2 Å². The van der Waals surface area contributed by atoms with Gasteiger partial charge in [-0.2, -0.15) is 0 Å². The molecule has 0 aromatic heterocycles. The lowest BCUT2D eigenvalue weighted by molar-refractivity contribution is -0.144. The molecule has 428 valence electrons. The van der Waals surface area contributed by atoms with Gasteiger partial charge in [0.2, 0.25) is 29.5 Å². The maximum Gasteiger partial charge on any atom is 0.252 e. The van der Waals surface area contributed by atoms with Crippen LogP contribution in [0.5, 0.6) is 0 Å². The highest BCUT2D eigenvalue weighted by Gasteiger charge is 2.48. The highest BCUT2D eigenvalue weighted by atomic mass is 19.1. The number of para-hydroxylation sites is 1. The predicted molar refractivity (Wildman–Crippen MR) is 295 cm³/mol. The van der Waals surface area contributed by atoms with Crippen LogP contribution in [-0.2, 0) is 56.6 Å². The van der Waals surface area contributed by atoms with Crippen molar-refractivity contribution in [1.29, 1.82) is 0 Å². The quantitative estimate of drug-likeness (QED) is 0.0823. The van der Waals surface area contributed by atoms with E-state index >= 15 is 8.78 Å². The number of hydrogen-bond donors (Lipinski definition) is 6. The molecular formula is C59H73F3N10O8. The van der Waals surface area contributed by atoms with E-state index in [9.17, 15) is 33.2 Å². The summed E-state index contributed by atoms with van der Waals surface area (Å²) in [6.07, 6.45) is 1.21. The summed E-state index contributed by atoms with van der Waals surface area (Å²) in [5.41, 5.74) is 2.19. The molecule has 6 amide bonds. The number of rotatable bonds is 18. The molecule has 5 heterocycles. The maximum atomic E-state index is 15.0. The Morgan fingerprint density at radius 3 is 2.33 bits per heavy atom. The standard InChI is InChI=1S/C59H73F3N10O8/c1-35-29-70(44(28-65-35)31-69-21-24-80-33-36(69)2)32-51(74)72-34-59(4,46-16-11-39(26-49(46)72)25-38-9-13-42(60)14-10-38)58(78)64-20-17-50(73)66-43-15-12-41-30-71(54(45(41)27-43)56(76)68-53-47(61)7-6-8-48(53)62)57(77)52(40-18-22-79-23-19-40)67-55(75)37(3)63-5/h6-16,26-27,35-37,40,44,52,54,63,65H,17-25,28-34H2,1-5H3,(H,64,78)(H,66,73)(H,67,75)(H,68,76)/t35-,36?,37?,44-,52?,54?,59?/m1/s1. The summed E-state index contributed by atoms with van der Waals surface area (Å²) in [6.45, 7) is 12.7. The number of amides is 6. The van der Waals surface area contributed by atoms with E-state index in [1.807, 2.05) is 18.2 Å². The minimum Gasteiger partial charge on any atom is -0.381 e. The number of ether oxygens (including phenoxy) is 2. The van der Waals surface area contributed by atoms with Crippen LogP contribution < -0.4 is 36.8 Å². The summed E-state index contributed by atoms with van der Waals surface area (Å²) in [5, 5.41) is 17.5. The molecule has 3 fully saturated rings. The Balaban J connectivity index is 0.905. The number of likely N-dealkylation sites (N-methyl/N-ethyl adjacent to an activating group) is 1. The summed E-state index contributed by atoms with van der Waals surface area (Å²) in [4.78, 5) is 93.1. The van der Waals surface area contributed by atoms with Crippen molar-refractivity contribution in [2.75, 3.05) is 94.8 Å². The van der Waals surface area contributed by atoms with Crippen molar-refractivity contribution in [2.24, 2.45) is 5.92 Å². The number of benzene rings is 4. The summed E-state index contributed by atoms with van der Waals surface area (Å²) >= 11 is 0. The number of nitrogens with zero attached hydrogens (tertiary/aromatic N) is 4. The number of morpholine rings is 1. The summed E-state index contributed by atoms with van der Waals surface area (Å²) in [7, 11) is 1.61. The third-order valence-electron chi connectivity index (χ3n) is 16.4. The van der Waals surface area contributed by atoms with Crippen molar-refractivity contribution >= 4 is 52.5 Å². The first-order valence-electron chi connectivity index (χ1n) is 27.7. The molecule has 0 bridgehead atoms. The predicted octanol–water partition coefficient (Wildman–Crippen LogP) is 4.37. The number of piperazine rings is 1. The van der Waals surface area contributed by atoms with Crippen molar-refractivity contribution in [2.45, 2.75) is 102 Å². The van der Waals surface area contributed by atoms with E-state index in [4.69, 9.17) is 9.47 Å². The SMILES string of the molecule is CNC(C)C(=O)NC(C(=O)N1Cc2ccc(NC(=O)CCNC(=O)C3(C)CN(C(=O)CN4C[C@@H](C)NC[C@@H]4CN4CCOCC4C)c4cc(Cc5ccc(F)cc5)ccc43)cc2C1C(=O)Nc1c(F)cccc1F)C1CCOCC1. The molecule has 5 aliphatic rings. The Bertz CT molecular complexity index is 2930. The molecule has 80 heavy (non-hydrogen) atoms. The van der Waals surface area contributed by atoms with Crippen molar-refractivity contribution in [3.8, 4) is 0 Å². The Morgan fingerprint density at radius 2 is 1.60 bits per heavy atom. The highest BCUT2D eigenvalue weighted by molar-refractivity contribution is 6.04. The number of carbonyl (C=O) groups is 6. The van der Waals surface area contributed by atoms with Gasteiger partial charge in [-0.1, -0.05) is 36.4 Å². The average molecular weight is 1110 g/mol. The fourth-order valence-corrected chi connectivity index (χ4v) is 11.6. The second-order valence-corrected chi connectivity index (χ2v) is 22.1. The van der Waals surface area contributed by atoms with Crippen molar-refractivity contribution in [3.05, 3.63) is 124 Å². The molecule has 5 aliphatic heterocycles. The van der Waals surface area contributed by atoms with Gasteiger partial charge in [0.25, 0.3) is 5.91 Å². The van der Waals surface area contributed by atoms with Gasteiger partial charge in [0.15, 0.2) is 0 Å². The number of anilines is 3. The molecule has 6 N–H and O–H groups in total. The zero-order valence-corrected chi connectivity index (χ0v) is 46.0. The van der Waals surface area contributed by atoms with Gasteiger partial charge in [-0.15, -0.1) is 0 Å². The Kier molecular flexibility index (Phi) is 18.4. The smallest absolute Gasteiger partial charge is 0.252 e. The summed E-state index contributed by atoms with van der Waals surface area (Å²) in [5.74, 6) is -5.69. The zero-order valence-electron chi connectivity index (χ0n) is 46.0. The second kappa shape index (κ2) is 25.4. The van der Waals surface area contributed by atoms with Crippen LogP contribution in [-0.4, -0.2) is 160 Å². The molecule has 0 saturated carbocycles. The second-order valence-electron chi connectivity index (χ2n) is 22.1. The lowest BCUT2D eigenvalue weighted by Gasteiger charge is -2.43. The van der Waals surface area contributed by atoms with Crippen LogP contribution in [0, 0.1) is 23.4 Å². The lowest BCUT2D eigenvalue weighted by Crippen LogP contribution is -2.62. The van der Waals surface area contributed by atoms with Gasteiger partial charge in [-0.05, 0) is 130 Å². The van der Waals surface area contributed by atoms with Crippen molar-refractivity contribution in [3.63, 3.8) is 0 Å². The van der Waals surface area contributed by atoms with Crippen LogP contribution in [0.25, 0.3) is 0 Å². The van der Waals surface area contributed by atoms with E-state index < -0.39 is 64.5 Å². The molecule has 5 unspecified atom stereocenters. The van der Waals surface area contributed by atoms with Gasteiger partial charge < -0.3 is 51.2 Å². The Morgan fingerprint density at radius 1 is 0.863 bits per heavy atom. The van der Waals surface area contributed by atoms with Crippen molar-refractivity contribution < 1.29 is 51.4 Å². The minimum atomic E-state index is -1.44. The Labute approximate surface area is 464 Å². The topological polar surface area (TPSA) is 206 Å². The van der Waals surface area contributed by atoms with Gasteiger partial charge in [-0.3, -0.25) is 38.6 Å². The van der Waals surface area contributed by atoms with Crippen LogP contribution in [0.4, 0.5) is 30.2 Å². The van der Waals surface area contributed by atoms with Gasteiger partial charge in [0, 0.05) is 94.9 Å². The van der Waals surface area contributed by atoms with E-state index in [1.165, 1.54) is 23.1 Å². The molecule has 18 nitrogen and oxygen atoms in total. The van der Waals surface area contributed by atoms with E-state index in [1.54, 1.807) is 50.1 Å². The highest BCUT2D eigenvalue weighted by Crippen LogP contribution is 2.43. The molecule has 0 radical (unpaired) electrons. The fraction of sp³-hybridized carbons (Fsp3) is 0.492. The summed E-state index contributed by atoms with van der Waals surface area (Å²) in [6, 6.07) is 17.2. The molecule has 0 aliphatic carbocycles. The van der Waals surface area contributed by atoms with Crippen LogP contribution in [0.1, 0.15) is 80.8 Å². The fourth-order valence-electron chi connectivity index (χ4n) is 11.6. The van der Waals surface area contributed by atoms with Gasteiger partial charge in [0.1, 0.15) is 35.2 Å². The monoisotopic (exact) mass is 1110 g/mol. The van der Waals surface area contributed by atoms with Gasteiger partial charge >= 0.3 is 0 Å². The molecule has 4 aromatic carbocycles.